The Hall–Kier alpha value is -2.42. The summed E-state index contributed by atoms with van der Waals surface area (Å²) in [6.07, 6.45) is 2.20. The number of nitrogens with one attached hydrogen (secondary N) is 1. The Morgan fingerprint density at radius 3 is 2.69 bits per heavy atom. The summed E-state index contributed by atoms with van der Waals surface area (Å²) in [5.41, 5.74) is 0.276. The van der Waals surface area contributed by atoms with E-state index in [9.17, 15) is 13.6 Å². The van der Waals surface area contributed by atoms with E-state index < -0.39 is 11.6 Å². The third kappa shape index (κ3) is 5.79. The number of hydrogen-bond donors (Lipinski definition) is 1. The number of aliphatic imine (C=N–C) groups is 1. The lowest BCUT2D eigenvalue weighted by atomic mass is 10.2. The number of nitrogens with zero attached hydrogens (tertiary/aromatic N) is 4. The first kappa shape index (κ1) is 21.3. The molecular formula is C20H29F2N5O2. The normalized spacial score (nSPS) is 20.1. The molecule has 0 aliphatic carbocycles. The summed E-state index contributed by atoms with van der Waals surface area (Å²) in [5, 5.41) is 3.33. The zero-order valence-corrected chi connectivity index (χ0v) is 17.0. The summed E-state index contributed by atoms with van der Waals surface area (Å²) in [4.78, 5) is 21.8. The number of halogens is 2. The van der Waals surface area contributed by atoms with E-state index in [0.717, 1.165) is 31.6 Å². The van der Waals surface area contributed by atoms with Crippen LogP contribution in [0.2, 0.25) is 0 Å². The maximum Gasteiger partial charge on any atom is 0.243 e. The fourth-order valence-electron chi connectivity index (χ4n) is 3.45. The molecule has 1 aromatic carbocycles. The van der Waals surface area contributed by atoms with E-state index in [0.29, 0.717) is 38.7 Å². The zero-order chi connectivity index (χ0) is 20.8. The van der Waals surface area contributed by atoms with Crippen molar-refractivity contribution in [2.24, 2.45) is 4.99 Å². The molecule has 1 amide bonds. The Bertz CT molecular complexity index is 730. The van der Waals surface area contributed by atoms with E-state index >= 15 is 0 Å². The van der Waals surface area contributed by atoms with Crippen LogP contribution in [-0.2, 0) is 9.53 Å². The molecule has 160 valence electrons. The molecule has 0 aromatic heterocycles. The minimum Gasteiger partial charge on any atom is -0.376 e. The third-order valence-corrected chi connectivity index (χ3v) is 5.20. The number of carbonyl (C=O) groups is 1. The number of anilines is 1. The molecule has 9 heteroatoms. The van der Waals surface area contributed by atoms with E-state index in [2.05, 4.69) is 10.3 Å². The molecule has 2 heterocycles. The van der Waals surface area contributed by atoms with Crippen LogP contribution >= 0.6 is 0 Å². The molecule has 1 aromatic rings. The van der Waals surface area contributed by atoms with Crippen LogP contribution in [0.4, 0.5) is 14.5 Å². The first-order valence-electron chi connectivity index (χ1n) is 9.99. The minimum absolute atomic E-state index is 0.0552. The number of likely N-dealkylation sites (N-methyl/N-ethyl adjacent to an activating group) is 1. The van der Waals surface area contributed by atoms with Gasteiger partial charge in [-0.3, -0.25) is 4.79 Å². The second-order valence-electron chi connectivity index (χ2n) is 7.51. The lowest BCUT2D eigenvalue weighted by molar-refractivity contribution is -0.127. The van der Waals surface area contributed by atoms with Crippen molar-refractivity contribution in [2.75, 3.05) is 64.9 Å². The monoisotopic (exact) mass is 409 g/mol. The number of carbonyl (C=O) groups excluding carboxylic acids is 1. The molecule has 1 unspecified atom stereocenters. The molecule has 1 N–H and O–H groups in total. The molecule has 1 atom stereocenters. The van der Waals surface area contributed by atoms with Gasteiger partial charge < -0.3 is 24.8 Å². The maximum atomic E-state index is 14.1. The van der Waals surface area contributed by atoms with Gasteiger partial charge >= 0.3 is 0 Å². The molecule has 0 radical (unpaired) electrons. The number of amides is 1. The maximum absolute atomic E-state index is 14.1. The average molecular weight is 409 g/mol. The van der Waals surface area contributed by atoms with Gasteiger partial charge in [0.25, 0.3) is 0 Å². The SMILES string of the molecule is CN(C)C(=O)CN=C(NCC1CCCO1)N1CCN(c2cc(F)ccc2F)CC1. The first-order chi connectivity index (χ1) is 13.9. The van der Waals surface area contributed by atoms with Gasteiger partial charge in [0.2, 0.25) is 5.91 Å². The van der Waals surface area contributed by atoms with Crippen LogP contribution in [0, 0.1) is 11.6 Å². The van der Waals surface area contributed by atoms with Gasteiger partial charge in [-0.2, -0.15) is 0 Å². The van der Waals surface area contributed by atoms with Gasteiger partial charge in [-0.15, -0.1) is 0 Å². The van der Waals surface area contributed by atoms with Crippen molar-refractivity contribution in [1.82, 2.24) is 15.1 Å². The van der Waals surface area contributed by atoms with Crippen LogP contribution in [0.3, 0.4) is 0 Å². The van der Waals surface area contributed by atoms with Crippen LogP contribution in [0.1, 0.15) is 12.8 Å². The van der Waals surface area contributed by atoms with E-state index in [4.69, 9.17) is 4.74 Å². The predicted molar refractivity (Wildman–Crippen MR) is 108 cm³/mol. The highest BCUT2D eigenvalue weighted by Gasteiger charge is 2.24. The van der Waals surface area contributed by atoms with Crippen molar-refractivity contribution in [2.45, 2.75) is 18.9 Å². The number of ether oxygens (including phenoxy) is 1. The Morgan fingerprint density at radius 2 is 2.03 bits per heavy atom. The van der Waals surface area contributed by atoms with E-state index in [1.807, 2.05) is 9.80 Å². The van der Waals surface area contributed by atoms with Gasteiger partial charge in [-0.1, -0.05) is 0 Å². The number of rotatable bonds is 5. The first-order valence-corrected chi connectivity index (χ1v) is 9.99. The Morgan fingerprint density at radius 1 is 1.28 bits per heavy atom. The van der Waals surface area contributed by atoms with Crippen molar-refractivity contribution < 1.29 is 18.3 Å². The Balaban J connectivity index is 1.63. The van der Waals surface area contributed by atoms with Gasteiger partial charge in [0.05, 0.1) is 11.8 Å². The quantitative estimate of drug-likeness (QED) is 0.587. The molecule has 2 saturated heterocycles. The summed E-state index contributed by atoms with van der Waals surface area (Å²) in [7, 11) is 3.40. The number of benzene rings is 1. The average Bonchev–Trinajstić information content (AvgIpc) is 3.23. The van der Waals surface area contributed by atoms with E-state index in [-0.39, 0.29) is 24.2 Å². The molecule has 2 aliphatic heterocycles. The molecular weight excluding hydrogens is 380 g/mol. The summed E-state index contributed by atoms with van der Waals surface area (Å²) >= 11 is 0. The van der Waals surface area contributed by atoms with Crippen molar-refractivity contribution in [3.8, 4) is 0 Å². The van der Waals surface area contributed by atoms with Crippen LogP contribution < -0.4 is 10.2 Å². The highest BCUT2D eigenvalue weighted by Crippen LogP contribution is 2.22. The summed E-state index contributed by atoms with van der Waals surface area (Å²) < 4.78 is 33.2. The molecule has 29 heavy (non-hydrogen) atoms. The molecule has 2 fully saturated rings. The molecule has 2 aliphatic rings. The molecule has 3 rings (SSSR count). The van der Waals surface area contributed by atoms with Gasteiger partial charge in [0, 0.05) is 59.5 Å². The minimum atomic E-state index is -0.452. The molecule has 0 spiro atoms. The lowest BCUT2D eigenvalue weighted by Crippen LogP contribution is -2.53. The van der Waals surface area contributed by atoms with Crippen molar-refractivity contribution >= 4 is 17.6 Å². The predicted octanol–water partition coefficient (Wildman–Crippen LogP) is 1.30. The van der Waals surface area contributed by atoms with Crippen molar-refractivity contribution in [3.63, 3.8) is 0 Å². The van der Waals surface area contributed by atoms with E-state index in [1.165, 1.54) is 11.0 Å². The second-order valence-corrected chi connectivity index (χ2v) is 7.51. The Labute approximate surface area is 170 Å². The number of guanidine groups is 1. The van der Waals surface area contributed by atoms with Gasteiger partial charge in [-0.25, -0.2) is 13.8 Å². The number of hydrogen-bond acceptors (Lipinski definition) is 4. The van der Waals surface area contributed by atoms with E-state index in [1.54, 1.807) is 14.1 Å². The van der Waals surface area contributed by atoms with Crippen LogP contribution in [0.5, 0.6) is 0 Å². The van der Waals surface area contributed by atoms with Gasteiger partial charge in [0.15, 0.2) is 5.96 Å². The zero-order valence-electron chi connectivity index (χ0n) is 17.0. The third-order valence-electron chi connectivity index (χ3n) is 5.20. The van der Waals surface area contributed by atoms with Crippen LogP contribution in [-0.4, -0.2) is 87.7 Å². The smallest absolute Gasteiger partial charge is 0.243 e. The fraction of sp³-hybridized carbons (Fsp3) is 0.600. The molecule has 0 saturated carbocycles. The summed E-state index contributed by atoms with van der Waals surface area (Å²) in [6.45, 7) is 3.70. The van der Waals surface area contributed by atoms with Gasteiger partial charge in [0.1, 0.15) is 18.2 Å². The summed E-state index contributed by atoms with van der Waals surface area (Å²) in [5.74, 6) is -0.315. The highest BCUT2D eigenvalue weighted by atomic mass is 19.1. The standard InChI is InChI=1S/C20H29F2N5O2/c1-25(2)19(28)14-24-20(23-13-16-4-3-11-29-16)27-9-7-26(8-10-27)18-12-15(21)5-6-17(18)22/h5-6,12,16H,3-4,7-11,13-14H2,1-2H3,(H,23,24). The molecule has 0 bridgehead atoms. The number of piperazine rings is 1. The highest BCUT2D eigenvalue weighted by molar-refractivity contribution is 5.85. The Kier molecular flexibility index (Phi) is 7.24. The summed E-state index contributed by atoms with van der Waals surface area (Å²) in [6, 6.07) is 3.50. The topological polar surface area (TPSA) is 60.4 Å². The largest absolute Gasteiger partial charge is 0.376 e. The lowest BCUT2D eigenvalue weighted by Gasteiger charge is -2.38. The van der Waals surface area contributed by atoms with Crippen molar-refractivity contribution in [3.05, 3.63) is 29.8 Å². The van der Waals surface area contributed by atoms with Gasteiger partial charge in [-0.05, 0) is 25.0 Å². The van der Waals surface area contributed by atoms with Crippen LogP contribution in [0.25, 0.3) is 0 Å². The fourth-order valence-corrected chi connectivity index (χ4v) is 3.45. The van der Waals surface area contributed by atoms with Crippen LogP contribution in [0.15, 0.2) is 23.2 Å². The molecule has 7 nitrogen and oxygen atoms in total. The van der Waals surface area contributed by atoms with Crippen molar-refractivity contribution in [1.29, 1.82) is 0 Å². The second kappa shape index (κ2) is 9.87.